The fourth-order valence-electron chi connectivity index (χ4n) is 3.18. The Morgan fingerprint density at radius 2 is 2.11 bits per heavy atom. The van der Waals surface area contributed by atoms with E-state index < -0.39 is 0 Å². The number of imidazole rings is 1. The number of H-pyrrole nitrogens is 1. The van der Waals surface area contributed by atoms with Gasteiger partial charge in [0.15, 0.2) is 4.77 Å². The highest BCUT2D eigenvalue weighted by atomic mass is 79.9. The van der Waals surface area contributed by atoms with Crippen LogP contribution in [-0.4, -0.2) is 9.55 Å². The molecule has 1 heterocycles. The Morgan fingerprint density at radius 3 is 2.79 bits per heavy atom. The predicted octanol–water partition coefficient (Wildman–Crippen LogP) is 5.35. The predicted molar refractivity (Wildman–Crippen MR) is 81.4 cm³/mol. The van der Waals surface area contributed by atoms with Gasteiger partial charge in [-0.05, 0) is 59.9 Å². The van der Waals surface area contributed by atoms with E-state index in [1.54, 1.807) is 0 Å². The van der Waals surface area contributed by atoms with E-state index in [0.717, 1.165) is 11.0 Å². The molecule has 0 radical (unpaired) electrons. The molecule has 1 aliphatic rings. The zero-order valence-electron chi connectivity index (χ0n) is 10.7. The Balaban J connectivity index is 2.14. The average molecular weight is 343 g/mol. The van der Waals surface area contributed by atoms with Crippen molar-refractivity contribution in [2.75, 3.05) is 0 Å². The van der Waals surface area contributed by atoms with Crippen LogP contribution >= 0.6 is 28.1 Å². The van der Waals surface area contributed by atoms with Gasteiger partial charge >= 0.3 is 0 Å². The van der Waals surface area contributed by atoms with Crippen LogP contribution < -0.4 is 0 Å². The normalized spacial score (nSPS) is 18.3. The number of fused-ring (bicyclic) bond motifs is 1. The lowest BCUT2D eigenvalue weighted by Crippen LogP contribution is -2.14. The summed E-state index contributed by atoms with van der Waals surface area (Å²) in [7, 11) is 0. The summed E-state index contributed by atoms with van der Waals surface area (Å²) in [5.41, 5.74) is 1.76. The van der Waals surface area contributed by atoms with Gasteiger partial charge < -0.3 is 9.55 Å². The highest BCUT2D eigenvalue weighted by molar-refractivity contribution is 9.10. The minimum Gasteiger partial charge on any atom is -0.330 e. The van der Waals surface area contributed by atoms with Gasteiger partial charge in [0, 0.05) is 12.1 Å². The quantitative estimate of drug-likeness (QED) is 0.729. The minimum absolute atomic E-state index is 0.260. The van der Waals surface area contributed by atoms with Gasteiger partial charge in [0.1, 0.15) is 5.82 Å². The Labute approximate surface area is 125 Å². The summed E-state index contributed by atoms with van der Waals surface area (Å²) in [5.74, 6) is 0.416. The molecule has 0 amide bonds. The average Bonchev–Trinajstić information content (AvgIpc) is 2.97. The van der Waals surface area contributed by atoms with Crippen molar-refractivity contribution < 1.29 is 4.39 Å². The summed E-state index contributed by atoms with van der Waals surface area (Å²) in [6, 6.07) is 3.69. The maximum absolute atomic E-state index is 13.6. The van der Waals surface area contributed by atoms with E-state index in [1.807, 2.05) is 6.07 Å². The van der Waals surface area contributed by atoms with Crippen LogP contribution in [0.15, 0.2) is 16.6 Å². The van der Waals surface area contributed by atoms with Gasteiger partial charge in [-0.1, -0.05) is 12.8 Å². The molecule has 0 bridgehead atoms. The van der Waals surface area contributed by atoms with Crippen molar-refractivity contribution in [3.8, 4) is 0 Å². The van der Waals surface area contributed by atoms with Crippen molar-refractivity contribution in [1.82, 2.24) is 9.55 Å². The molecule has 5 heteroatoms. The van der Waals surface area contributed by atoms with Crippen molar-refractivity contribution in [1.29, 1.82) is 0 Å². The number of benzene rings is 1. The van der Waals surface area contributed by atoms with E-state index in [4.69, 9.17) is 12.2 Å². The van der Waals surface area contributed by atoms with Gasteiger partial charge in [-0.25, -0.2) is 4.39 Å². The standard InChI is InChI=1S/C14H16BrFN2S/c1-8(9-4-2-3-5-9)18-13-6-10(15)11(16)7-12(13)17-14(18)19/h6-9H,2-5H2,1H3,(H,17,19). The van der Waals surface area contributed by atoms with Gasteiger partial charge in [0.2, 0.25) is 0 Å². The summed E-state index contributed by atoms with van der Waals surface area (Å²) in [4.78, 5) is 3.12. The molecule has 1 saturated carbocycles. The first-order chi connectivity index (χ1) is 9.08. The van der Waals surface area contributed by atoms with E-state index in [1.165, 1.54) is 31.7 Å². The SMILES string of the molecule is CC(C1CCCC1)n1c(=S)[nH]c2cc(F)c(Br)cc21. The summed E-state index contributed by atoms with van der Waals surface area (Å²) < 4.78 is 16.9. The van der Waals surface area contributed by atoms with E-state index in [0.29, 0.717) is 21.2 Å². The number of hydrogen-bond donors (Lipinski definition) is 1. The van der Waals surface area contributed by atoms with Gasteiger partial charge in [-0.3, -0.25) is 0 Å². The summed E-state index contributed by atoms with van der Waals surface area (Å²) in [6.07, 6.45) is 5.14. The first-order valence-corrected chi connectivity index (χ1v) is 7.87. The smallest absolute Gasteiger partial charge is 0.178 e. The van der Waals surface area contributed by atoms with Crippen LogP contribution in [0.4, 0.5) is 4.39 Å². The number of rotatable bonds is 2. The first kappa shape index (κ1) is 13.3. The second-order valence-corrected chi connectivity index (χ2v) is 6.61. The lowest BCUT2D eigenvalue weighted by molar-refractivity contribution is 0.365. The van der Waals surface area contributed by atoms with E-state index in [-0.39, 0.29) is 5.82 Å². The van der Waals surface area contributed by atoms with Crippen LogP contribution in [0, 0.1) is 16.5 Å². The van der Waals surface area contributed by atoms with Crippen LogP contribution in [0.25, 0.3) is 11.0 Å². The summed E-state index contributed by atoms with van der Waals surface area (Å²) in [5, 5.41) is 0. The second-order valence-electron chi connectivity index (χ2n) is 5.37. The minimum atomic E-state index is -0.260. The molecule has 2 aromatic rings. The molecule has 0 aliphatic heterocycles. The van der Waals surface area contributed by atoms with E-state index >= 15 is 0 Å². The highest BCUT2D eigenvalue weighted by Crippen LogP contribution is 2.36. The molecule has 1 fully saturated rings. The molecule has 1 unspecified atom stereocenters. The van der Waals surface area contributed by atoms with Crippen LogP contribution in [0.3, 0.4) is 0 Å². The lowest BCUT2D eigenvalue weighted by atomic mass is 9.99. The van der Waals surface area contributed by atoms with Gasteiger partial charge in [-0.2, -0.15) is 0 Å². The van der Waals surface area contributed by atoms with Crippen molar-refractivity contribution in [3.05, 3.63) is 27.2 Å². The third-order valence-electron chi connectivity index (χ3n) is 4.25. The summed E-state index contributed by atoms with van der Waals surface area (Å²) >= 11 is 8.68. The summed E-state index contributed by atoms with van der Waals surface area (Å²) in [6.45, 7) is 2.22. The number of hydrogen-bond acceptors (Lipinski definition) is 1. The Hall–Kier alpha value is -0.680. The Bertz CT molecular complexity index is 670. The maximum atomic E-state index is 13.6. The zero-order chi connectivity index (χ0) is 13.6. The topological polar surface area (TPSA) is 20.7 Å². The van der Waals surface area contributed by atoms with Gasteiger partial charge in [0.25, 0.3) is 0 Å². The highest BCUT2D eigenvalue weighted by Gasteiger charge is 2.24. The van der Waals surface area contributed by atoms with Crippen LogP contribution in [0.5, 0.6) is 0 Å². The van der Waals surface area contributed by atoms with Gasteiger partial charge in [-0.15, -0.1) is 0 Å². The molecule has 1 atom stereocenters. The molecule has 2 nitrogen and oxygen atoms in total. The van der Waals surface area contributed by atoms with Crippen molar-refractivity contribution in [3.63, 3.8) is 0 Å². The van der Waals surface area contributed by atoms with Crippen molar-refractivity contribution in [2.24, 2.45) is 5.92 Å². The third kappa shape index (κ3) is 2.27. The second kappa shape index (κ2) is 5.02. The van der Waals surface area contributed by atoms with Gasteiger partial charge in [0.05, 0.1) is 15.5 Å². The first-order valence-electron chi connectivity index (χ1n) is 6.67. The number of nitrogens with zero attached hydrogens (tertiary/aromatic N) is 1. The maximum Gasteiger partial charge on any atom is 0.178 e. The molecule has 0 saturated heterocycles. The fraction of sp³-hybridized carbons (Fsp3) is 0.500. The number of aromatic nitrogens is 2. The number of aromatic amines is 1. The molecule has 1 aromatic heterocycles. The molecule has 0 spiro atoms. The van der Waals surface area contributed by atoms with Crippen LogP contribution in [0.2, 0.25) is 0 Å². The number of halogens is 2. The lowest BCUT2D eigenvalue weighted by Gasteiger charge is -2.21. The molecule has 102 valence electrons. The molecular weight excluding hydrogens is 327 g/mol. The molecule has 3 rings (SSSR count). The molecule has 1 aromatic carbocycles. The van der Waals surface area contributed by atoms with Crippen LogP contribution in [0.1, 0.15) is 38.6 Å². The largest absolute Gasteiger partial charge is 0.330 e. The van der Waals surface area contributed by atoms with E-state index in [9.17, 15) is 4.39 Å². The fourth-order valence-corrected chi connectivity index (χ4v) is 3.88. The monoisotopic (exact) mass is 342 g/mol. The van der Waals surface area contributed by atoms with E-state index in [2.05, 4.69) is 32.4 Å². The molecule has 19 heavy (non-hydrogen) atoms. The van der Waals surface area contributed by atoms with Crippen molar-refractivity contribution in [2.45, 2.75) is 38.6 Å². The molecule has 1 N–H and O–H groups in total. The number of nitrogens with one attached hydrogen (secondary N) is 1. The Kier molecular flexibility index (Phi) is 3.52. The molecular formula is C14H16BrFN2S. The van der Waals surface area contributed by atoms with Crippen molar-refractivity contribution >= 4 is 39.2 Å². The Morgan fingerprint density at radius 1 is 1.42 bits per heavy atom. The van der Waals surface area contributed by atoms with Crippen LogP contribution in [-0.2, 0) is 0 Å². The zero-order valence-corrected chi connectivity index (χ0v) is 13.2. The third-order valence-corrected chi connectivity index (χ3v) is 5.15. The molecule has 1 aliphatic carbocycles.